The largest absolute Gasteiger partial charge is 0.481 e. The second-order valence-corrected chi connectivity index (χ2v) is 7.92. The van der Waals surface area contributed by atoms with Gasteiger partial charge in [0.25, 0.3) is 0 Å². The van der Waals surface area contributed by atoms with Gasteiger partial charge >= 0.3 is 11.9 Å². The normalized spacial score (nSPS) is 12.6. The third kappa shape index (κ3) is 23.0. The number of ether oxygens (including phenoxy) is 2. The lowest BCUT2D eigenvalue weighted by Crippen LogP contribution is -2.17. The first-order chi connectivity index (χ1) is 13.9. The molecule has 0 saturated carbocycles. The highest BCUT2D eigenvalue weighted by atomic mass is 16.6. The Hall–Kier alpha value is -1.10. The molecule has 5 heteroatoms. The fourth-order valence-electron chi connectivity index (χ4n) is 2.48. The number of hydrogen-bond acceptors (Lipinski definition) is 4. The first-order valence-electron chi connectivity index (χ1n) is 11.9. The van der Waals surface area contributed by atoms with Gasteiger partial charge in [0.2, 0.25) is 0 Å². The maximum atomic E-state index is 11.4. The van der Waals surface area contributed by atoms with Gasteiger partial charge < -0.3 is 14.6 Å². The Balaban J connectivity index is 0. The monoisotopic (exact) mass is 416 g/mol. The van der Waals surface area contributed by atoms with Crippen molar-refractivity contribution in [3.05, 3.63) is 0 Å². The van der Waals surface area contributed by atoms with Crippen LogP contribution in [0.25, 0.3) is 0 Å². The zero-order valence-corrected chi connectivity index (χ0v) is 19.8. The molecule has 0 bridgehead atoms. The number of aliphatic carboxylic acids is 1. The van der Waals surface area contributed by atoms with Gasteiger partial charge in [0.15, 0.2) is 0 Å². The summed E-state index contributed by atoms with van der Waals surface area (Å²) in [4.78, 5) is 21.3. The second kappa shape index (κ2) is 23.2. The predicted octanol–water partition coefficient (Wildman–Crippen LogP) is 6.63. The molecule has 0 aliphatic rings. The summed E-state index contributed by atoms with van der Waals surface area (Å²) >= 11 is 0. The smallest absolute Gasteiger partial charge is 0.308 e. The Morgan fingerprint density at radius 1 is 0.690 bits per heavy atom. The molecule has 29 heavy (non-hydrogen) atoms. The Morgan fingerprint density at radius 2 is 1.17 bits per heavy atom. The van der Waals surface area contributed by atoms with E-state index in [9.17, 15) is 9.59 Å². The standard InChI is InChI=1S/C19H38O3.C5H10O2/c1-4-6-7-8-9-10-11-12-13-14-15-21-16-17-22-19(20)18(3)5-2;1-3-4(2)5(6)7/h18H,4-17H2,1-3H3;4H,3H2,1-2H3,(H,6,7). The molecule has 0 fully saturated rings. The number of carbonyl (C=O) groups excluding carboxylic acids is 1. The Labute approximate surface area is 179 Å². The van der Waals surface area contributed by atoms with Gasteiger partial charge in [-0.15, -0.1) is 0 Å². The van der Waals surface area contributed by atoms with Gasteiger partial charge in [-0.1, -0.05) is 92.4 Å². The van der Waals surface area contributed by atoms with Crippen LogP contribution in [0.5, 0.6) is 0 Å². The van der Waals surface area contributed by atoms with E-state index in [2.05, 4.69) is 6.92 Å². The van der Waals surface area contributed by atoms with E-state index in [0.717, 1.165) is 25.9 Å². The van der Waals surface area contributed by atoms with E-state index in [0.29, 0.717) is 13.2 Å². The summed E-state index contributed by atoms with van der Waals surface area (Å²) in [6.45, 7) is 11.4. The van der Waals surface area contributed by atoms with E-state index >= 15 is 0 Å². The number of hydrogen-bond donors (Lipinski definition) is 1. The molecule has 2 unspecified atom stereocenters. The Bertz CT molecular complexity index is 370. The number of carboxylic acid groups (broad SMARTS) is 1. The average molecular weight is 417 g/mol. The first-order valence-corrected chi connectivity index (χ1v) is 11.9. The van der Waals surface area contributed by atoms with E-state index < -0.39 is 5.97 Å². The number of carbonyl (C=O) groups is 2. The maximum absolute atomic E-state index is 11.4. The fourth-order valence-corrected chi connectivity index (χ4v) is 2.48. The minimum absolute atomic E-state index is 0.00183. The summed E-state index contributed by atoms with van der Waals surface area (Å²) in [5.41, 5.74) is 0. The van der Waals surface area contributed by atoms with Crippen LogP contribution in [0.2, 0.25) is 0 Å². The van der Waals surface area contributed by atoms with Crippen LogP contribution in [0.15, 0.2) is 0 Å². The fraction of sp³-hybridized carbons (Fsp3) is 0.917. The van der Waals surface area contributed by atoms with E-state index in [1.807, 2.05) is 20.8 Å². The molecule has 0 amide bonds. The number of esters is 1. The van der Waals surface area contributed by atoms with Crippen molar-refractivity contribution >= 4 is 11.9 Å². The zero-order valence-electron chi connectivity index (χ0n) is 19.8. The number of rotatable bonds is 18. The Kier molecular flexibility index (Phi) is 24.1. The van der Waals surface area contributed by atoms with Crippen LogP contribution >= 0.6 is 0 Å². The highest BCUT2D eigenvalue weighted by molar-refractivity contribution is 5.71. The van der Waals surface area contributed by atoms with E-state index in [-0.39, 0.29) is 17.8 Å². The molecule has 0 saturated heterocycles. The summed E-state index contributed by atoms with van der Waals surface area (Å²) in [6, 6.07) is 0. The average Bonchev–Trinajstić information content (AvgIpc) is 2.72. The van der Waals surface area contributed by atoms with Gasteiger partial charge in [-0.25, -0.2) is 0 Å². The van der Waals surface area contributed by atoms with Crippen LogP contribution in [0, 0.1) is 11.8 Å². The molecule has 0 heterocycles. The summed E-state index contributed by atoms with van der Waals surface area (Å²) < 4.78 is 10.6. The van der Waals surface area contributed by atoms with Crippen molar-refractivity contribution in [1.82, 2.24) is 0 Å². The lowest BCUT2D eigenvalue weighted by Gasteiger charge is -2.09. The first kappa shape index (κ1) is 30.1. The van der Waals surface area contributed by atoms with Crippen molar-refractivity contribution in [1.29, 1.82) is 0 Å². The summed E-state index contributed by atoms with van der Waals surface area (Å²) in [5.74, 6) is -0.991. The topological polar surface area (TPSA) is 72.8 Å². The SMILES string of the molecule is CCC(C)C(=O)O.CCCCCCCCCCCCOCCOC(=O)C(C)CC. The van der Waals surface area contributed by atoms with Crippen molar-refractivity contribution in [3.8, 4) is 0 Å². The quantitative estimate of drug-likeness (QED) is 0.200. The summed E-state index contributed by atoms with van der Waals surface area (Å²) in [5, 5.41) is 8.18. The molecule has 0 aromatic heterocycles. The molecule has 2 atom stereocenters. The van der Waals surface area contributed by atoms with Crippen molar-refractivity contribution in [2.45, 2.75) is 112 Å². The molecule has 0 aromatic rings. The zero-order chi connectivity index (χ0) is 22.3. The van der Waals surface area contributed by atoms with Crippen molar-refractivity contribution in [2.75, 3.05) is 19.8 Å². The van der Waals surface area contributed by atoms with Gasteiger partial charge in [-0.05, 0) is 19.3 Å². The van der Waals surface area contributed by atoms with E-state index in [4.69, 9.17) is 14.6 Å². The van der Waals surface area contributed by atoms with Crippen LogP contribution < -0.4 is 0 Å². The van der Waals surface area contributed by atoms with Crippen LogP contribution in [-0.4, -0.2) is 36.9 Å². The number of carboxylic acids is 1. The lowest BCUT2D eigenvalue weighted by molar-refractivity contribution is -0.149. The Morgan fingerprint density at radius 3 is 1.59 bits per heavy atom. The van der Waals surface area contributed by atoms with Crippen molar-refractivity contribution < 1.29 is 24.2 Å². The molecule has 0 aliphatic carbocycles. The molecule has 0 aliphatic heterocycles. The maximum Gasteiger partial charge on any atom is 0.308 e. The minimum atomic E-state index is -0.706. The third-order valence-electron chi connectivity index (χ3n) is 5.16. The van der Waals surface area contributed by atoms with Crippen LogP contribution in [0.4, 0.5) is 0 Å². The lowest BCUT2D eigenvalue weighted by atomic mass is 10.1. The van der Waals surface area contributed by atoms with Gasteiger partial charge in [-0.3, -0.25) is 9.59 Å². The van der Waals surface area contributed by atoms with Crippen molar-refractivity contribution in [3.63, 3.8) is 0 Å². The predicted molar refractivity (Wildman–Crippen MR) is 120 cm³/mol. The van der Waals surface area contributed by atoms with Crippen LogP contribution in [-0.2, 0) is 19.1 Å². The van der Waals surface area contributed by atoms with E-state index in [1.165, 1.54) is 57.8 Å². The molecular weight excluding hydrogens is 368 g/mol. The number of unbranched alkanes of at least 4 members (excludes halogenated alkanes) is 9. The molecule has 0 radical (unpaired) electrons. The van der Waals surface area contributed by atoms with Crippen LogP contribution in [0.3, 0.4) is 0 Å². The van der Waals surface area contributed by atoms with E-state index in [1.54, 1.807) is 6.92 Å². The molecular formula is C24H48O5. The highest BCUT2D eigenvalue weighted by Crippen LogP contribution is 2.10. The van der Waals surface area contributed by atoms with Crippen LogP contribution in [0.1, 0.15) is 112 Å². The molecule has 0 rings (SSSR count). The minimum Gasteiger partial charge on any atom is -0.481 e. The third-order valence-corrected chi connectivity index (χ3v) is 5.16. The molecule has 5 nitrogen and oxygen atoms in total. The molecule has 0 spiro atoms. The van der Waals surface area contributed by atoms with Gasteiger partial charge in [-0.2, -0.15) is 0 Å². The van der Waals surface area contributed by atoms with Gasteiger partial charge in [0.05, 0.1) is 18.4 Å². The van der Waals surface area contributed by atoms with Crippen molar-refractivity contribution in [2.24, 2.45) is 11.8 Å². The van der Waals surface area contributed by atoms with Gasteiger partial charge in [0, 0.05) is 6.61 Å². The molecule has 0 aromatic carbocycles. The highest BCUT2D eigenvalue weighted by Gasteiger charge is 2.11. The summed E-state index contributed by atoms with van der Waals surface area (Å²) in [6.07, 6.45) is 14.9. The molecule has 174 valence electrons. The summed E-state index contributed by atoms with van der Waals surface area (Å²) in [7, 11) is 0. The molecule has 1 N–H and O–H groups in total. The second-order valence-electron chi connectivity index (χ2n) is 7.92. The van der Waals surface area contributed by atoms with Gasteiger partial charge in [0.1, 0.15) is 6.61 Å².